The van der Waals surface area contributed by atoms with Crippen molar-refractivity contribution in [3.8, 4) is 0 Å². The maximum atomic E-state index is 12.8. The van der Waals surface area contributed by atoms with Crippen LogP contribution in [0.25, 0.3) is 0 Å². The third-order valence-electron chi connectivity index (χ3n) is 4.95. The number of anilines is 2. The van der Waals surface area contributed by atoms with Gasteiger partial charge in [0, 0.05) is 36.5 Å². The summed E-state index contributed by atoms with van der Waals surface area (Å²) >= 11 is 0. The Hall–Kier alpha value is -3.28. The molecule has 1 N–H and O–H groups in total. The molecule has 0 aliphatic carbocycles. The van der Waals surface area contributed by atoms with Crippen molar-refractivity contribution in [3.05, 3.63) is 77.9 Å². The average Bonchev–Trinajstić information content (AvgIpc) is 2.74. The molecule has 0 bridgehead atoms. The van der Waals surface area contributed by atoms with Gasteiger partial charge in [0.05, 0.1) is 11.9 Å². The molecule has 0 unspecified atom stereocenters. The second-order valence-corrected chi connectivity index (χ2v) is 7.07. The smallest absolute Gasteiger partial charge is 0.253 e. The number of amides is 1. The highest BCUT2D eigenvalue weighted by Gasteiger charge is 2.26. The van der Waals surface area contributed by atoms with E-state index in [1.807, 2.05) is 60.4 Å². The van der Waals surface area contributed by atoms with Gasteiger partial charge in [0.25, 0.3) is 5.91 Å². The fourth-order valence-electron chi connectivity index (χ4n) is 3.55. The number of aryl methyl sites for hydroxylation is 1. The molecule has 6 heteroatoms. The maximum absolute atomic E-state index is 12.8. The Bertz CT molecular complexity index is 960. The van der Waals surface area contributed by atoms with E-state index in [1.54, 1.807) is 12.4 Å². The molecule has 142 valence electrons. The van der Waals surface area contributed by atoms with Crippen LogP contribution in [0.2, 0.25) is 0 Å². The van der Waals surface area contributed by atoms with Crippen molar-refractivity contribution in [2.24, 2.45) is 0 Å². The number of piperidine rings is 1. The standard InChI is InChI=1S/C22H23N5O/c1-16-7-5-11-20(24-16)26-21-14-23-13-19(25-21)18-10-6-12-27(15-18)22(28)17-8-3-2-4-9-17/h2-5,7-9,11,13-14,18H,6,10,12,15H2,1H3,(H,24,25,26)/t18-/m0/s1. The fourth-order valence-corrected chi connectivity index (χ4v) is 3.55. The lowest BCUT2D eigenvalue weighted by atomic mass is 9.94. The minimum absolute atomic E-state index is 0.0801. The zero-order valence-electron chi connectivity index (χ0n) is 15.9. The summed E-state index contributed by atoms with van der Waals surface area (Å²) in [5.41, 5.74) is 2.58. The number of hydrogen-bond acceptors (Lipinski definition) is 5. The maximum Gasteiger partial charge on any atom is 0.253 e. The number of rotatable bonds is 4. The Balaban J connectivity index is 1.48. The van der Waals surface area contributed by atoms with Crippen LogP contribution in [-0.2, 0) is 0 Å². The van der Waals surface area contributed by atoms with Crippen LogP contribution in [0, 0.1) is 6.92 Å². The second kappa shape index (κ2) is 8.17. The van der Waals surface area contributed by atoms with Gasteiger partial charge in [0.2, 0.25) is 0 Å². The first-order valence-electron chi connectivity index (χ1n) is 9.56. The molecule has 1 aromatic carbocycles. The molecule has 4 rings (SSSR count). The summed E-state index contributed by atoms with van der Waals surface area (Å²) in [5, 5.41) is 3.22. The van der Waals surface area contributed by atoms with Crippen LogP contribution < -0.4 is 5.32 Å². The predicted molar refractivity (Wildman–Crippen MR) is 109 cm³/mol. The first kappa shape index (κ1) is 18.1. The molecule has 0 radical (unpaired) electrons. The number of likely N-dealkylation sites (tertiary alicyclic amines) is 1. The number of hydrogen-bond donors (Lipinski definition) is 1. The monoisotopic (exact) mass is 373 g/mol. The molecule has 1 atom stereocenters. The number of benzene rings is 1. The Morgan fingerprint density at radius 3 is 2.71 bits per heavy atom. The third-order valence-corrected chi connectivity index (χ3v) is 4.95. The summed E-state index contributed by atoms with van der Waals surface area (Å²) < 4.78 is 0. The Morgan fingerprint density at radius 1 is 1.04 bits per heavy atom. The number of carbonyl (C=O) groups excluding carboxylic acids is 1. The van der Waals surface area contributed by atoms with Gasteiger partial charge < -0.3 is 10.2 Å². The van der Waals surface area contributed by atoms with E-state index in [0.717, 1.165) is 42.2 Å². The lowest BCUT2D eigenvalue weighted by molar-refractivity contribution is 0.0706. The van der Waals surface area contributed by atoms with E-state index in [-0.39, 0.29) is 11.8 Å². The lowest BCUT2D eigenvalue weighted by Gasteiger charge is -2.32. The predicted octanol–water partition coefficient (Wildman–Crippen LogP) is 3.94. The van der Waals surface area contributed by atoms with E-state index in [4.69, 9.17) is 4.98 Å². The van der Waals surface area contributed by atoms with Crippen LogP contribution in [0.4, 0.5) is 11.6 Å². The van der Waals surface area contributed by atoms with Crippen molar-refractivity contribution < 1.29 is 4.79 Å². The molecule has 1 fully saturated rings. The SMILES string of the molecule is Cc1cccc(Nc2cncc([C@H]3CCCN(C(=O)c4ccccc4)C3)n2)n1. The minimum atomic E-state index is 0.0801. The summed E-state index contributed by atoms with van der Waals surface area (Å²) in [7, 11) is 0. The van der Waals surface area contributed by atoms with E-state index in [0.29, 0.717) is 12.4 Å². The molecule has 3 aromatic rings. The molecule has 6 nitrogen and oxygen atoms in total. The highest BCUT2D eigenvalue weighted by molar-refractivity contribution is 5.94. The van der Waals surface area contributed by atoms with Gasteiger partial charge in [-0.25, -0.2) is 9.97 Å². The minimum Gasteiger partial charge on any atom is -0.338 e. The van der Waals surface area contributed by atoms with Crippen molar-refractivity contribution >= 4 is 17.5 Å². The van der Waals surface area contributed by atoms with Crippen LogP contribution in [0.15, 0.2) is 60.9 Å². The number of pyridine rings is 1. The number of nitrogens with one attached hydrogen (secondary N) is 1. The summed E-state index contributed by atoms with van der Waals surface area (Å²) in [6, 6.07) is 15.3. The van der Waals surface area contributed by atoms with Crippen LogP contribution in [0.5, 0.6) is 0 Å². The largest absolute Gasteiger partial charge is 0.338 e. The quantitative estimate of drug-likeness (QED) is 0.750. The first-order chi connectivity index (χ1) is 13.7. The topological polar surface area (TPSA) is 71.0 Å². The van der Waals surface area contributed by atoms with Crippen LogP contribution in [0.1, 0.15) is 40.5 Å². The number of aromatic nitrogens is 3. The first-order valence-corrected chi connectivity index (χ1v) is 9.56. The van der Waals surface area contributed by atoms with Gasteiger partial charge >= 0.3 is 0 Å². The highest BCUT2D eigenvalue weighted by Crippen LogP contribution is 2.27. The fraction of sp³-hybridized carbons (Fsp3) is 0.273. The molecule has 3 heterocycles. The highest BCUT2D eigenvalue weighted by atomic mass is 16.2. The zero-order chi connectivity index (χ0) is 19.3. The van der Waals surface area contributed by atoms with Gasteiger partial charge in [-0.1, -0.05) is 24.3 Å². The summed E-state index contributed by atoms with van der Waals surface area (Å²) in [4.78, 5) is 28.2. The lowest BCUT2D eigenvalue weighted by Crippen LogP contribution is -2.39. The Labute approximate surface area is 164 Å². The molecule has 28 heavy (non-hydrogen) atoms. The number of carbonyl (C=O) groups is 1. The van der Waals surface area contributed by atoms with Crippen LogP contribution in [-0.4, -0.2) is 38.8 Å². The Kier molecular flexibility index (Phi) is 5.28. The summed E-state index contributed by atoms with van der Waals surface area (Å²) in [6.07, 6.45) is 5.46. The molecular formula is C22H23N5O. The van der Waals surface area contributed by atoms with Gasteiger partial charge in [-0.15, -0.1) is 0 Å². The molecule has 0 saturated carbocycles. The average molecular weight is 373 g/mol. The van der Waals surface area contributed by atoms with Gasteiger partial charge in [-0.3, -0.25) is 9.78 Å². The molecule has 0 spiro atoms. The summed E-state index contributed by atoms with van der Waals surface area (Å²) in [6.45, 7) is 3.39. The normalized spacial score (nSPS) is 16.6. The number of nitrogens with zero attached hydrogens (tertiary/aromatic N) is 4. The molecule has 1 aliphatic rings. The zero-order valence-corrected chi connectivity index (χ0v) is 15.9. The van der Waals surface area contributed by atoms with Crippen molar-refractivity contribution in [1.82, 2.24) is 19.9 Å². The van der Waals surface area contributed by atoms with Crippen molar-refractivity contribution in [2.75, 3.05) is 18.4 Å². The van der Waals surface area contributed by atoms with E-state index >= 15 is 0 Å². The summed E-state index contributed by atoms with van der Waals surface area (Å²) in [5.74, 6) is 1.68. The van der Waals surface area contributed by atoms with Gasteiger partial charge in [-0.05, 0) is 44.0 Å². The van der Waals surface area contributed by atoms with Crippen molar-refractivity contribution in [2.45, 2.75) is 25.7 Å². The van der Waals surface area contributed by atoms with Gasteiger partial charge in [0.15, 0.2) is 0 Å². The third kappa shape index (κ3) is 4.17. The van der Waals surface area contributed by atoms with Gasteiger partial charge in [0.1, 0.15) is 11.6 Å². The van der Waals surface area contributed by atoms with E-state index in [9.17, 15) is 4.79 Å². The van der Waals surface area contributed by atoms with E-state index in [2.05, 4.69) is 15.3 Å². The molecule has 2 aromatic heterocycles. The molecule has 1 saturated heterocycles. The van der Waals surface area contributed by atoms with Gasteiger partial charge in [-0.2, -0.15) is 0 Å². The van der Waals surface area contributed by atoms with Crippen molar-refractivity contribution in [1.29, 1.82) is 0 Å². The van der Waals surface area contributed by atoms with E-state index < -0.39 is 0 Å². The Morgan fingerprint density at radius 2 is 1.89 bits per heavy atom. The molecular weight excluding hydrogens is 350 g/mol. The van der Waals surface area contributed by atoms with Crippen LogP contribution in [0.3, 0.4) is 0 Å². The van der Waals surface area contributed by atoms with Crippen molar-refractivity contribution in [3.63, 3.8) is 0 Å². The molecule has 1 aliphatic heterocycles. The molecule has 1 amide bonds. The van der Waals surface area contributed by atoms with Crippen LogP contribution >= 0.6 is 0 Å². The second-order valence-electron chi connectivity index (χ2n) is 7.07. The van der Waals surface area contributed by atoms with E-state index in [1.165, 1.54) is 0 Å².